The lowest BCUT2D eigenvalue weighted by atomic mass is 9.90. The standard InChI is InChI=1S/C76H95FN14O19/c1-10-45-31-50(110-9)23-24-52(45)46-21-19-44(20-22-46)30-57(68(103)83-56(65(78)100)32-48-35-79-28-27-53(48)51-17-13-11-15-40(51)2)84-69(104)58(33-62(98)99)85-70(105)59(38-92)86-71(106)63(42(4)93)89-74(109)76(8,34-47-16-12-14-18-54(47)77)91-72(107)64(43(5)94)88-60(95)37-81-67(102)55(25-26-61(96)97)87-73(108)75(6,7)90-66(101)41(3)29-49-36-80-39-82-49/h11-24,27-28,31,35-36,39,41-43,55-59,63-64,92-94H,10,25-26,29-30,32-34,37-38H2,1-9H3,(H2,78,100)(H,80,82)(H,81,102)(H,83,103)(H,84,104)(H,85,105)(H,86,106)(H,87,108)(H,88,95)(H,89,109)(H,90,101)(H,91,107)(H,96,97)(H,98,99)/t41-,42-,43-,55+,56+,57+,58+,59+,63+,64+,76-/m1/s1. The number of H-pyrrole nitrogens is 1. The second-order valence-electron chi connectivity index (χ2n) is 27.3. The Balaban J connectivity index is 1.19. The quantitative estimate of drug-likeness (QED) is 0.0239. The summed E-state index contributed by atoms with van der Waals surface area (Å²) in [4.78, 5) is 189. The van der Waals surface area contributed by atoms with Gasteiger partial charge in [-0.15, -0.1) is 0 Å². The number of nitrogens with one attached hydrogen (secondary N) is 11. The Morgan fingerprint density at radius 1 is 0.591 bits per heavy atom. The Morgan fingerprint density at radius 3 is 1.83 bits per heavy atom. The Hall–Kier alpha value is -12.0. The van der Waals surface area contributed by atoms with Gasteiger partial charge in [-0.2, -0.15) is 0 Å². The highest BCUT2D eigenvalue weighted by Crippen LogP contribution is 2.30. The van der Waals surface area contributed by atoms with Crippen LogP contribution in [0.5, 0.6) is 5.75 Å². The van der Waals surface area contributed by atoms with E-state index in [0.717, 1.165) is 54.7 Å². The zero-order chi connectivity index (χ0) is 81.3. The Bertz CT molecular complexity index is 4290. The third-order valence-corrected chi connectivity index (χ3v) is 18.0. The van der Waals surface area contributed by atoms with Crippen molar-refractivity contribution in [3.63, 3.8) is 0 Å². The van der Waals surface area contributed by atoms with Crippen molar-refractivity contribution in [3.05, 3.63) is 161 Å². The van der Waals surface area contributed by atoms with Crippen molar-refractivity contribution >= 4 is 76.9 Å². The van der Waals surface area contributed by atoms with E-state index in [1.807, 2.05) is 50.2 Å². The van der Waals surface area contributed by atoms with Gasteiger partial charge in [-0.1, -0.05) is 86.6 Å². The third kappa shape index (κ3) is 25.0. The maximum Gasteiger partial charge on any atom is 0.305 e. The first-order chi connectivity index (χ1) is 52.0. The summed E-state index contributed by atoms with van der Waals surface area (Å²) in [5.74, 6) is -16.5. The SMILES string of the molecule is CCc1cc(OC)ccc1-c1ccc(C[C@H](NC(=O)[C@H](CC(=O)O)NC(=O)[C@H](CO)NC(=O)[C@@H](NC(=O)[C@@](C)(Cc2ccccc2F)NC(=O)[C@@H](NC(=O)CNC(=O)[C@H](CCC(=O)O)NC(=O)C(C)(C)NC(=O)[C@H](C)Cc2cnc[nH]2)[C@@H](C)O)[C@@H](C)O)C(=O)N[C@@H](Cc2cnccc2-c2ccccc2C)C(N)=O)cc1. The number of benzene rings is 4. The third-order valence-electron chi connectivity index (χ3n) is 18.0. The molecule has 18 N–H and O–H groups in total. The number of methoxy groups -OCH3 is 1. The van der Waals surface area contributed by atoms with E-state index in [0.29, 0.717) is 34.6 Å². The molecule has 11 atom stereocenters. The highest BCUT2D eigenvalue weighted by Gasteiger charge is 2.43. The molecule has 6 rings (SSSR count). The van der Waals surface area contributed by atoms with Crippen molar-refractivity contribution in [2.24, 2.45) is 11.7 Å². The number of rotatable bonds is 41. The molecule has 2 heterocycles. The van der Waals surface area contributed by atoms with Crippen molar-refractivity contribution in [1.82, 2.24) is 68.1 Å². The van der Waals surface area contributed by atoms with E-state index in [2.05, 4.69) is 68.1 Å². The highest BCUT2D eigenvalue weighted by molar-refractivity contribution is 6.01. The lowest BCUT2D eigenvalue weighted by Gasteiger charge is -2.34. The van der Waals surface area contributed by atoms with E-state index in [4.69, 9.17) is 10.5 Å². The molecule has 110 heavy (non-hydrogen) atoms. The van der Waals surface area contributed by atoms with Gasteiger partial charge in [0.05, 0.1) is 45.2 Å². The number of aromatic amines is 1. The van der Waals surface area contributed by atoms with Gasteiger partial charge in [0, 0.05) is 62.3 Å². The van der Waals surface area contributed by atoms with Crippen molar-refractivity contribution < 1.29 is 97.0 Å². The minimum Gasteiger partial charge on any atom is -0.497 e. The van der Waals surface area contributed by atoms with E-state index in [-0.39, 0.29) is 24.8 Å². The van der Waals surface area contributed by atoms with Crippen LogP contribution in [0, 0.1) is 18.7 Å². The second-order valence-corrected chi connectivity index (χ2v) is 27.3. The average molecular weight is 1530 g/mol. The molecule has 0 aliphatic carbocycles. The molecule has 6 aromatic rings. The molecule has 2 aromatic heterocycles. The molecule has 0 aliphatic rings. The Morgan fingerprint density at radius 2 is 1.22 bits per heavy atom. The summed E-state index contributed by atoms with van der Waals surface area (Å²) in [5, 5.41) is 75.6. The molecule has 0 saturated carbocycles. The normalized spacial score (nSPS) is 14.5. The fourth-order valence-electron chi connectivity index (χ4n) is 11.7. The van der Waals surface area contributed by atoms with E-state index < -0.39 is 193 Å². The molecule has 0 unspecified atom stereocenters. The van der Waals surface area contributed by atoms with Gasteiger partial charge in [-0.05, 0) is 129 Å². The van der Waals surface area contributed by atoms with Crippen molar-refractivity contribution in [2.45, 2.75) is 172 Å². The van der Waals surface area contributed by atoms with Gasteiger partial charge in [0.1, 0.15) is 64.9 Å². The fraction of sp³-hybridized carbons (Fsp3) is 0.408. The molecule has 0 bridgehead atoms. The number of carbonyl (C=O) groups excluding carboxylic acids is 11. The van der Waals surface area contributed by atoms with Crippen LogP contribution in [0.3, 0.4) is 0 Å². The number of halogens is 1. The molecule has 0 aliphatic heterocycles. The maximum absolute atomic E-state index is 15.5. The van der Waals surface area contributed by atoms with Crippen LogP contribution in [0.15, 0.2) is 122 Å². The van der Waals surface area contributed by atoms with Crippen LogP contribution < -0.4 is 63.6 Å². The summed E-state index contributed by atoms with van der Waals surface area (Å²) in [6.07, 6.45) is -0.440. The van der Waals surface area contributed by atoms with E-state index in [9.17, 15) is 87.9 Å². The summed E-state index contributed by atoms with van der Waals surface area (Å²) in [6.45, 7) is 8.94. The predicted octanol–water partition coefficient (Wildman–Crippen LogP) is -0.0779. The zero-order valence-electron chi connectivity index (χ0n) is 62.2. The lowest BCUT2D eigenvalue weighted by Crippen LogP contribution is -2.67. The Kier molecular flexibility index (Phi) is 31.8. The van der Waals surface area contributed by atoms with Gasteiger partial charge in [0.2, 0.25) is 65.0 Å². The first-order valence-corrected chi connectivity index (χ1v) is 35.2. The first-order valence-electron chi connectivity index (χ1n) is 35.2. The van der Waals surface area contributed by atoms with Crippen LogP contribution in [-0.2, 0) is 94.4 Å². The monoisotopic (exact) mass is 1530 g/mol. The van der Waals surface area contributed by atoms with Gasteiger partial charge >= 0.3 is 11.9 Å². The number of ether oxygens (including phenoxy) is 1. The number of amides is 11. The predicted molar refractivity (Wildman–Crippen MR) is 395 cm³/mol. The van der Waals surface area contributed by atoms with E-state index in [1.165, 1.54) is 50.8 Å². The average Bonchev–Trinajstić information content (AvgIpc) is 0.914. The first kappa shape index (κ1) is 86.9. The number of pyridine rings is 1. The number of aromatic nitrogens is 3. The van der Waals surface area contributed by atoms with Gasteiger partial charge in [0.25, 0.3) is 0 Å². The van der Waals surface area contributed by atoms with Crippen LogP contribution in [0.1, 0.15) is 101 Å². The van der Waals surface area contributed by atoms with E-state index in [1.54, 1.807) is 56.6 Å². The number of carboxylic acids is 2. The van der Waals surface area contributed by atoms with Gasteiger partial charge < -0.3 is 94.2 Å². The second kappa shape index (κ2) is 40.2. The summed E-state index contributed by atoms with van der Waals surface area (Å²) < 4.78 is 20.9. The number of carboxylic acid groups (broad SMARTS) is 2. The summed E-state index contributed by atoms with van der Waals surface area (Å²) >= 11 is 0. The summed E-state index contributed by atoms with van der Waals surface area (Å²) in [6, 6.07) is 13.5. The molecule has 0 radical (unpaired) electrons. The number of aryl methyl sites for hydroxylation is 2. The minimum atomic E-state index is -2.43. The van der Waals surface area contributed by atoms with Crippen LogP contribution in [-0.4, -0.2) is 203 Å². The molecule has 33 nitrogen and oxygen atoms in total. The molecule has 0 saturated heterocycles. The summed E-state index contributed by atoms with van der Waals surface area (Å²) in [5.41, 5.74) is 8.18. The fourth-order valence-corrected chi connectivity index (χ4v) is 11.7. The van der Waals surface area contributed by atoms with Crippen molar-refractivity contribution in [1.29, 1.82) is 0 Å². The molecule has 34 heteroatoms. The van der Waals surface area contributed by atoms with Crippen LogP contribution in [0.4, 0.5) is 4.39 Å². The number of hydrogen-bond donors (Lipinski definition) is 17. The summed E-state index contributed by atoms with van der Waals surface area (Å²) in [7, 11) is 1.54. The van der Waals surface area contributed by atoms with Crippen molar-refractivity contribution in [3.8, 4) is 28.0 Å². The molecule has 0 fully saturated rings. The molecule has 11 amide bonds. The number of aliphatic hydroxyl groups is 3. The Labute approximate surface area is 633 Å². The number of nitrogens with two attached hydrogens (primary N) is 1. The van der Waals surface area contributed by atoms with Gasteiger partial charge in [-0.25, -0.2) is 9.37 Å². The smallest absolute Gasteiger partial charge is 0.305 e. The number of nitrogens with zero attached hydrogens (tertiary/aromatic N) is 2. The number of carbonyl (C=O) groups is 13. The topological polar surface area (TPSA) is 520 Å². The number of hydrogen-bond acceptors (Lipinski definition) is 19. The number of aliphatic hydroxyl groups excluding tert-OH is 3. The molecule has 590 valence electrons. The number of primary amides is 1. The van der Waals surface area contributed by atoms with Crippen LogP contribution in [0.25, 0.3) is 22.3 Å². The molecule has 4 aromatic carbocycles. The number of aliphatic carboxylic acids is 2. The number of imidazole rings is 1. The zero-order valence-corrected chi connectivity index (χ0v) is 62.2. The molecular weight excluding hydrogens is 1430 g/mol. The highest BCUT2D eigenvalue weighted by atomic mass is 19.1. The van der Waals surface area contributed by atoms with Gasteiger partial charge in [0.15, 0.2) is 0 Å². The van der Waals surface area contributed by atoms with Crippen LogP contribution >= 0.6 is 0 Å². The molecular formula is C76H95FN14O19. The molecule has 0 spiro atoms. The largest absolute Gasteiger partial charge is 0.497 e. The van der Waals surface area contributed by atoms with Crippen LogP contribution in [0.2, 0.25) is 0 Å². The van der Waals surface area contributed by atoms with E-state index >= 15 is 4.39 Å². The maximum atomic E-state index is 15.5. The van der Waals surface area contributed by atoms with Crippen molar-refractivity contribution in [2.75, 3.05) is 20.3 Å². The minimum absolute atomic E-state index is 0.183. The van der Waals surface area contributed by atoms with Gasteiger partial charge in [-0.3, -0.25) is 67.3 Å². The lowest BCUT2D eigenvalue weighted by molar-refractivity contribution is -0.142.